The van der Waals surface area contributed by atoms with Gasteiger partial charge in [0.15, 0.2) is 0 Å². The number of carbonyl (C=O) groups is 1. The highest BCUT2D eigenvalue weighted by Crippen LogP contribution is 2.29. The highest BCUT2D eigenvalue weighted by Gasteiger charge is 2.20. The zero-order chi connectivity index (χ0) is 14.7. The van der Waals surface area contributed by atoms with E-state index in [2.05, 4.69) is 5.32 Å². The van der Waals surface area contributed by atoms with Gasteiger partial charge in [0.25, 0.3) is 5.91 Å². The molecule has 2 aromatic rings. The second-order valence-corrected chi connectivity index (χ2v) is 4.66. The van der Waals surface area contributed by atoms with Crippen molar-refractivity contribution in [2.45, 2.75) is 26.3 Å². The molecule has 1 unspecified atom stereocenters. The number of methoxy groups -OCH3 is 1. The van der Waals surface area contributed by atoms with Gasteiger partial charge in [-0.3, -0.25) is 4.79 Å². The second kappa shape index (κ2) is 5.96. The molecule has 0 aliphatic carbocycles. The van der Waals surface area contributed by atoms with E-state index in [1.54, 1.807) is 32.2 Å². The predicted octanol–water partition coefficient (Wildman–Crippen LogP) is 2.25. The van der Waals surface area contributed by atoms with Crippen LogP contribution in [0.15, 0.2) is 22.6 Å². The summed E-state index contributed by atoms with van der Waals surface area (Å²) in [5.74, 6) is 0.982. The molecule has 1 atom stereocenters. The van der Waals surface area contributed by atoms with Gasteiger partial charge in [-0.2, -0.15) is 0 Å². The van der Waals surface area contributed by atoms with Gasteiger partial charge >= 0.3 is 0 Å². The number of aliphatic hydroxyl groups excluding tert-OH is 1. The molecule has 0 aliphatic rings. The number of hydrogen-bond acceptors (Lipinski definition) is 4. The molecule has 0 fully saturated rings. The lowest BCUT2D eigenvalue weighted by Crippen LogP contribution is -2.37. The molecule has 5 heteroatoms. The largest absolute Gasteiger partial charge is 0.497 e. The van der Waals surface area contributed by atoms with Crippen molar-refractivity contribution in [3.63, 3.8) is 0 Å². The Morgan fingerprint density at radius 3 is 2.85 bits per heavy atom. The molecule has 1 aromatic carbocycles. The Morgan fingerprint density at radius 1 is 1.50 bits per heavy atom. The molecule has 2 N–H and O–H groups in total. The standard InChI is InChI=1S/C15H19NO4/c1-4-10(8-17)16-15(18)14-9(2)20-13-6-5-11(19-3)7-12(13)14/h5-7,10,17H,4,8H2,1-3H3,(H,16,18). The normalized spacial score (nSPS) is 12.4. The quantitative estimate of drug-likeness (QED) is 0.879. The molecule has 0 radical (unpaired) electrons. The van der Waals surface area contributed by atoms with Crippen molar-refractivity contribution < 1.29 is 19.1 Å². The molecule has 1 aromatic heterocycles. The fraction of sp³-hybridized carbons (Fsp3) is 0.400. The van der Waals surface area contributed by atoms with Gasteiger partial charge in [0.05, 0.1) is 25.3 Å². The van der Waals surface area contributed by atoms with Crippen LogP contribution in [0.25, 0.3) is 11.0 Å². The van der Waals surface area contributed by atoms with Crippen LogP contribution >= 0.6 is 0 Å². The van der Waals surface area contributed by atoms with Gasteiger partial charge in [-0.15, -0.1) is 0 Å². The lowest BCUT2D eigenvalue weighted by atomic mass is 10.1. The first-order chi connectivity index (χ1) is 9.60. The topological polar surface area (TPSA) is 71.7 Å². The maximum Gasteiger partial charge on any atom is 0.255 e. The zero-order valence-electron chi connectivity index (χ0n) is 11.9. The van der Waals surface area contributed by atoms with E-state index in [9.17, 15) is 9.90 Å². The minimum Gasteiger partial charge on any atom is -0.497 e. The maximum atomic E-state index is 12.3. The predicted molar refractivity (Wildman–Crippen MR) is 76.1 cm³/mol. The van der Waals surface area contributed by atoms with Crippen LogP contribution in [-0.4, -0.2) is 30.8 Å². The fourth-order valence-corrected chi connectivity index (χ4v) is 2.14. The van der Waals surface area contributed by atoms with Crippen LogP contribution in [0, 0.1) is 6.92 Å². The van der Waals surface area contributed by atoms with Crippen molar-refractivity contribution in [2.24, 2.45) is 0 Å². The highest BCUT2D eigenvalue weighted by atomic mass is 16.5. The summed E-state index contributed by atoms with van der Waals surface area (Å²) in [5.41, 5.74) is 1.14. The van der Waals surface area contributed by atoms with E-state index in [0.717, 1.165) is 0 Å². The monoisotopic (exact) mass is 277 g/mol. The van der Waals surface area contributed by atoms with E-state index >= 15 is 0 Å². The number of fused-ring (bicyclic) bond motifs is 1. The van der Waals surface area contributed by atoms with Gasteiger partial charge in [-0.25, -0.2) is 0 Å². The molecule has 0 bridgehead atoms. The summed E-state index contributed by atoms with van der Waals surface area (Å²) in [4.78, 5) is 12.3. The molecule has 0 saturated heterocycles. The van der Waals surface area contributed by atoms with Gasteiger partial charge in [-0.1, -0.05) is 6.92 Å². The average Bonchev–Trinajstić information content (AvgIpc) is 2.79. The Balaban J connectivity index is 2.41. The Bertz CT molecular complexity index is 614. The Kier molecular flexibility index (Phi) is 4.29. The zero-order valence-corrected chi connectivity index (χ0v) is 11.9. The number of ether oxygens (including phenoxy) is 1. The van der Waals surface area contributed by atoms with Crippen molar-refractivity contribution >= 4 is 16.9 Å². The number of aryl methyl sites for hydroxylation is 1. The first-order valence-corrected chi connectivity index (χ1v) is 6.59. The average molecular weight is 277 g/mol. The van der Waals surface area contributed by atoms with E-state index in [-0.39, 0.29) is 18.6 Å². The Morgan fingerprint density at radius 2 is 2.25 bits per heavy atom. The number of hydrogen-bond donors (Lipinski definition) is 2. The minimum atomic E-state index is -0.252. The number of carbonyl (C=O) groups excluding carboxylic acids is 1. The van der Waals surface area contributed by atoms with Crippen LogP contribution in [0.2, 0.25) is 0 Å². The van der Waals surface area contributed by atoms with E-state index < -0.39 is 0 Å². The Labute approximate surface area is 117 Å². The molecule has 0 spiro atoms. The first kappa shape index (κ1) is 14.4. The Hall–Kier alpha value is -2.01. The van der Waals surface area contributed by atoms with E-state index in [0.29, 0.717) is 34.5 Å². The van der Waals surface area contributed by atoms with Crippen molar-refractivity contribution in [3.8, 4) is 5.75 Å². The lowest BCUT2D eigenvalue weighted by molar-refractivity contribution is 0.0915. The van der Waals surface area contributed by atoms with E-state index in [1.165, 1.54) is 0 Å². The van der Waals surface area contributed by atoms with Crippen molar-refractivity contribution in [2.75, 3.05) is 13.7 Å². The summed E-state index contributed by atoms with van der Waals surface area (Å²) < 4.78 is 10.8. The third-order valence-electron chi connectivity index (χ3n) is 3.35. The van der Waals surface area contributed by atoms with Crippen molar-refractivity contribution in [1.29, 1.82) is 0 Å². The first-order valence-electron chi connectivity index (χ1n) is 6.59. The number of aliphatic hydroxyl groups is 1. The van der Waals surface area contributed by atoms with Crippen LogP contribution in [0.5, 0.6) is 5.75 Å². The second-order valence-electron chi connectivity index (χ2n) is 4.66. The van der Waals surface area contributed by atoms with Gasteiger partial charge in [0.2, 0.25) is 0 Å². The molecule has 2 rings (SSSR count). The SMILES string of the molecule is CCC(CO)NC(=O)c1c(C)oc2ccc(OC)cc12. The summed E-state index contributed by atoms with van der Waals surface area (Å²) in [6, 6.07) is 5.09. The number of amides is 1. The molecule has 5 nitrogen and oxygen atoms in total. The summed E-state index contributed by atoms with van der Waals surface area (Å²) in [5, 5.41) is 12.7. The minimum absolute atomic E-state index is 0.0829. The van der Waals surface area contributed by atoms with Crippen LogP contribution < -0.4 is 10.1 Å². The molecule has 1 amide bonds. The highest BCUT2D eigenvalue weighted by molar-refractivity contribution is 6.07. The molecule has 1 heterocycles. The van der Waals surface area contributed by atoms with Gasteiger partial charge in [0, 0.05) is 5.39 Å². The molecule has 0 aliphatic heterocycles. The lowest BCUT2D eigenvalue weighted by Gasteiger charge is -2.13. The van der Waals surface area contributed by atoms with Crippen molar-refractivity contribution in [1.82, 2.24) is 5.32 Å². The molecule has 20 heavy (non-hydrogen) atoms. The van der Waals surface area contributed by atoms with E-state index in [4.69, 9.17) is 9.15 Å². The summed E-state index contributed by atoms with van der Waals surface area (Å²) >= 11 is 0. The van der Waals surface area contributed by atoms with Crippen LogP contribution in [0.4, 0.5) is 0 Å². The molecule has 0 saturated carbocycles. The van der Waals surface area contributed by atoms with Gasteiger partial charge in [-0.05, 0) is 31.5 Å². The fourth-order valence-electron chi connectivity index (χ4n) is 2.14. The van der Waals surface area contributed by atoms with Crippen LogP contribution in [-0.2, 0) is 0 Å². The third kappa shape index (κ3) is 2.63. The maximum absolute atomic E-state index is 12.3. The number of nitrogens with one attached hydrogen (secondary N) is 1. The molecular formula is C15H19NO4. The summed E-state index contributed by atoms with van der Waals surface area (Å²) in [6.45, 7) is 3.58. The molecule has 108 valence electrons. The number of benzene rings is 1. The summed E-state index contributed by atoms with van der Waals surface area (Å²) in [6.07, 6.45) is 0.667. The van der Waals surface area contributed by atoms with E-state index in [1.807, 2.05) is 6.92 Å². The van der Waals surface area contributed by atoms with Gasteiger partial charge in [0.1, 0.15) is 17.1 Å². The van der Waals surface area contributed by atoms with Crippen LogP contribution in [0.1, 0.15) is 29.5 Å². The number of furan rings is 1. The third-order valence-corrected chi connectivity index (χ3v) is 3.35. The number of rotatable bonds is 5. The van der Waals surface area contributed by atoms with Crippen LogP contribution in [0.3, 0.4) is 0 Å². The smallest absolute Gasteiger partial charge is 0.255 e. The van der Waals surface area contributed by atoms with Crippen molar-refractivity contribution in [3.05, 3.63) is 29.5 Å². The van der Waals surface area contributed by atoms with Gasteiger partial charge < -0.3 is 19.6 Å². The molecular weight excluding hydrogens is 258 g/mol. The summed E-state index contributed by atoms with van der Waals surface area (Å²) in [7, 11) is 1.58.